The van der Waals surface area contributed by atoms with Gasteiger partial charge in [0.05, 0.1) is 0 Å². The van der Waals surface area contributed by atoms with Crippen molar-refractivity contribution in [3.63, 3.8) is 0 Å². The molecule has 2 amide bonds. The fourth-order valence-electron chi connectivity index (χ4n) is 3.82. The lowest BCUT2D eigenvalue weighted by Crippen LogP contribution is -2.50. The van der Waals surface area contributed by atoms with Crippen molar-refractivity contribution in [2.24, 2.45) is 0 Å². The highest BCUT2D eigenvalue weighted by atomic mass is 35.5. The lowest BCUT2D eigenvalue weighted by molar-refractivity contribution is -0.142. The van der Waals surface area contributed by atoms with Crippen molar-refractivity contribution in [1.82, 2.24) is 10.2 Å². The molecule has 2 aromatic rings. The number of ether oxygens (including phenoxy) is 1. The Morgan fingerprint density at radius 1 is 1.13 bits per heavy atom. The number of nitrogens with zero attached hydrogens (tertiary/aromatic N) is 1. The van der Waals surface area contributed by atoms with Crippen LogP contribution in [-0.4, -0.2) is 35.4 Å². The summed E-state index contributed by atoms with van der Waals surface area (Å²) in [4.78, 5) is 27.6. The minimum Gasteiger partial charge on any atom is -0.484 e. The van der Waals surface area contributed by atoms with E-state index in [4.69, 9.17) is 16.3 Å². The molecular weight excluding hydrogens is 412 g/mol. The Hall–Kier alpha value is -2.53. The fraction of sp³-hybridized carbons (Fsp3) is 0.440. The van der Waals surface area contributed by atoms with Crippen LogP contribution in [0.3, 0.4) is 0 Å². The van der Waals surface area contributed by atoms with Gasteiger partial charge in [-0.2, -0.15) is 0 Å². The molecule has 5 nitrogen and oxygen atoms in total. The number of amides is 2. The maximum atomic E-state index is 13.1. The second-order valence-electron chi connectivity index (χ2n) is 8.31. The molecule has 0 heterocycles. The second kappa shape index (κ2) is 10.7. The van der Waals surface area contributed by atoms with Crippen molar-refractivity contribution in [1.29, 1.82) is 0 Å². The molecule has 0 aromatic heterocycles. The Morgan fingerprint density at radius 3 is 2.52 bits per heavy atom. The van der Waals surface area contributed by atoms with Crippen molar-refractivity contribution in [3.8, 4) is 5.75 Å². The van der Waals surface area contributed by atoms with Gasteiger partial charge in [0.1, 0.15) is 11.8 Å². The molecule has 1 N–H and O–H groups in total. The van der Waals surface area contributed by atoms with Gasteiger partial charge in [0.15, 0.2) is 6.61 Å². The molecule has 3 rings (SSSR count). The quantitative estimate of drug-likeness (QED) is 0.638. The van der Waals surface area contributed by atoms with Crippen molar-refractivity contribution in [3.05, 3.63) is 64.2 Å². The molecule has 1 atom stereocenters. The first-order valence-corrected chi connectivity index (χ1v) is 11.3. The Kier molecular flexibility index (Phi) is 7.97. The van der Waals surface area contributed by atoms with Gasteiger partial charge in [-0.05, 0) is 68.5 Å². The maximum Gasteiger partial charge on any atom is 0.261 e. The highest BCUT2D eigenvalue weighted by Gasteiger charge is 2.29. The number of rotatable bonds is 8. The number of aryl methyl sites for hydroxylation is 2. The second-order valence-corrected chi connectivity index (χ2v) is 8.72. The maximum absolute atomic E-state index is 13.1. The van der Waals surface area contributed by atoms with Crippen molar-refractivity contribution < 1.29 is 14.3 Å². The van der Waals surface area contributed by atoms with E-state index in [9.17, 15) is 9.59 Å². The predicted molar refractivity (Wildman–Crippen MR) is 123 cm³/mol. The van der Waals surface area contributed by atoms with E-state index in [1.807, 2.05) is 50.2 Å². The van der Waals surface area contributed by atoms with Crippen LogP contribution in [0.2, 0.25) is 5.02 Å². The molecule has 0 aliphatic heterocycles. The lowest BCUT2D eigenvalue weighted by Gasteiger charge is -2.30. The topological polar surface area (TPSA) is 58.6 Å². The van der Waals surface area contributed by atoms with Gasteiger partial charge in [-0.1, -0.05) is 48.7 Å². The van der Waals surface area contributed by atoms with Crippen LogP contribution in [0.25, 0.3) is 0 Å². The minimum atomic E-state index is -0.632. The van der Waals surface area contributed by atoms with Gasteiger partial charge in [0.25, 0.3) is 5.91 Å². The normalized spacial score (nSPS) is 14.8. The number of nitrogens with one attached hydrogen (secondary N) is 1. The van der Waals surface area contributed by atoms with Crippen LogP contribution in [-0.2, 0) is 16.1 Å². The highest BCUT2D eigenvalue weighted by molar-refractivity contribution is 6.31. The third kappa shape index (κ3) is 6.23. The largest absolute Gasteiger partial charge is 0.484 e. The van der Waals surface area contributed by atoms with E-state index in [-0.39, 0.29) is 31.0 Å². The molecule has 166 valence electrons. The third-order valence-corrected chi connectivity index (χ3v) is 6.38. The van der Waals surface area contributed by atoms with Gasteiger partial charge in [0.2, 0.25) is 5.91 Å². The molecule has 1 fully saturated rings. The van der Waals surface area contributed by atoms with E-state index in [0.29, 0.717) is 10.8 Å². The first-order chi connectivity index (χ1) is 14.8. The summed E-state index contributed by atoms with van der Waals surface area (Å²) in [6.07, 6.45) is 4.25. The number of halogens is 1. The van der Waals surface area contributed by atoms with Gasteiger partial charge >= 0.3 is 0 Å². The number of hydrogen-bond donors (Lipinski definition) is 1. The summed E-state index contributed by atoms with van der Waals surface area (Å²) in [5.41, 5.74) is 3.06. The molecule has 6 heteroatoms. The van der Waals surface area contributed by atoms with Crippen molar-refractivity contribution in [2.75, 3.05) is 6.61 Å². The van der Waals surface area contributed by atoms with Gasteiger partial charge in [-0.15, -0.1) is 0 Å². The molecule has 1 aliphatic rings. The molecular formula is C25H31ClN2O3. The van der Waals surface area contributed by atoms with E-state index < -0.39 is 6.04 Å². The monoisotopic (exact) mass is 442 g/mol. The van der Waals surface area contributed by atoms with Crippen LogP contribution in [0, 0.1) is 13.8 Å². The molecule has 0 unspecified atom stereocenters. The number of carbonyl (C=O) groups is 2. The summed E-state index contributed by atoms with van der Waals surface area (Å²) in [6.45, 7) is 5.89. The summed E-state index contributed by atoms with van der Waals surface area (Å²) in [7, 11) is 0. The Bertz CT molecular complexity index is 925. The SMILES string of the molecule is Cc1ccc(OCC(=O)N(Cc2ccccc2Cl)[C@H](C)C(=O)NC2CCCC2)cc1C. The molecule has 2 aromatic carbocycles. The van der Waals surface area contributed by atoms with Gasteiger partial charge < -0.3 is 15.0 Å². The lowest BCUT2D eigenvalue weighted by atomic mass is 10.1. The smallest absolute Gasteiger partial charge is 0.261 e. The molecule has 31 heavy (non-hydrogen) atoms. The summed E-state index contributed by atoms with van der Waals surface area (Å²) in [6, 6.07) is 12.7. The standard InChI is InChI=1S/C25H31ClN2O3/c1-17-12-13-22(14-18(17)2)31-16-24(29)28(15-20-8-4-7-11-23(20)26)19(3)25(30)27-21-9-5-6-10-21/h4,7-8,11-14,19,21H,5-6,9-10,15-16H2,1-3H3,(H,27,30)/t19-/m1/s1. The van der Waals surface area contributed by atoms with Crippen molar-refractivity contribution >= 4 is 23.4 Å². The minimum absolute atomic E-state index is 0.140. The molecule has 1 saturated carbocycles. The zero-order valence-electron chi connectivity index (χ0n) is 18.5. The molecule has 0 spiro atoms. The fourth-order valence-corrected chi connectivity index (χ4v) is 4.01. The molecule has 1 aliphatic carbocycles. The van der Waals surface area contributed by atoms with Crippen molar-refractivity contribution in [2.45, 2.75) is 65.1 Å². The van der Waals surface area contributed by atoms with Crippen LogP contribution in [0.5, 0.6) is 5.75 Å². The zero-order valence-corrected chi connectivity index (χ0v) is 19.2. The van der Waals surface area contributed by atoms with Gasteiger partial charge in [-0.25, -0.2) is 0 Å². The summed E-state index contributed by atoms with van der Waals surface area (Å²) >= 11 is 6.33. The molecule has 0 saturated heterocycles. The van der Waals surface area contributed by atoms with Crippen LogP contribution < -0.4 is 10.1 Å². The predicted octanol–water partition coefficient (Wildman–Crippen LogP) is 4.81. The average Bonchev–Trinajstić information content (AvgIpc) is 3.26. The van der Waals surface area contributed by atoms with E-state index in [1.54, 1.807) is 17.9 Å². The van der Waals surface area contributed by atoms with E-state index >= 15 is 0 Å². The van der Waals surface area contributed by atoms with E-state index in [1.165, 1.54) is 0 Å². The van der Waals surface area contributed by atoms with Gasteiger partial charge in [0, 0.05) is 17.6 Å². The van der Waals surface area contributed by atoms with Crippen LogP contribution in [0.4, 0.5) is 0 Å². The Balaban J connectivity index is 1.73. The highest BCUT2D eigenvalue weighted by Crippen LogP contribution is 2.21. The summed E-state index contributed by atoms with van der Waals surface area (Å²) in [5, 5.41) is 3.66. The first-order valence-electron chi connectivity index (χ1n) is 10.9. The van der Waals surface area contributed by atoms with E-state index in [2.05, 4.69) is 5.32 Å². The van der Waals surface area contributed by atoms with E-state index in [0.717, 1.165) is 42.4 Å². The number of carbonyl (C=O) groups excluding carboxylic acids is 2. The first kappa shape index (κ1) is 23.1. The number of hydrogen-bond acceptors (Lipinski definition) is 3. The Morgan fingerprint density at radius 2 is 1.84 bits per heavy atom. The van der Waals surface area contributed by atoms with Crippen LogP contribution in [0.1, 0.15) is 49.3 Å². The zero-order chi connectivity index (χ0) is 22.4. The summed E-state index contributed by atoms with van der Waals surface area (Å²) in [5.74, 6) is 0.239. The van der Waals surface area contributed by atoms with Gasteiger partial charge in [-0.3, -0.25) is 9.59 Å². The molecule has 0 radical (unpaired) electrons. The Labute approximate surface area is 189 Å². The van der Waals surface area contributed by atoms with Crippen LogP contribution in [0.15, 0.2) is 42.5 Å². The third-order valence-electron chi connectivity index (χ3n) is 6.01. The van der Waals surface area contributed by atoms with Crippen LogP contribution >= 0.6 is 11.6 Å². The average molecular weight is 443 g/mol. The summed E-state index contributed by atoms with van der Waals surface area (Å²) < 4.78 is 5.76. The molecule has 0 bridgehead atoms. The number of benzene rings is 2.